The van der Waals surface area contributed by atoms with Crippen LogP contribution < -0.4 is 16.8 Å². The Morgan fingerprint density at radius 3 is 2.23 bits per heavy atom. The Morgan fingerprint density at radius 2 is 1.57 bits per heavy atom. The van der Waals surface area contributed by atoms with Crippen LogP contribution in [-0.2, 0) is 11.2 Å². The van der Waals surface area contributed by atoms with Crippen LogP contribution in [0.5, 0.6) is 0 Å². The van der Waals surface area contributed by atoms with Crippen LogP contribution in [0.25, 0.3) is 11.1 Å². The molecule has 0 fully saturated rings. The summed E-state index contributed by atoms with van der Waals surface area (Å²) in [7, 11) is 0. The first-order valence-corrected chi connectivity index (χ1v) is 9.31. The summed E-state index contributed by atoms with van der Waals surface area (Å²) in [6.45, 7) is 0. The zero-order valence-electron chi connectivity index (χ0n) is 16.2. The fourth-order valence-corrected chi connectivity index (χ4v) is 2.93. The summed E-state index contributed by atoms with van der Waals surface area (Å²) >= 11 is 0. The Bertz CT molecular complexity index is 1060. The molecule has 7 heteroatoms. The topological polar surface area (TPSA) is 131 Å². The van der Waals surface area contributed by atoms with Crippen molar-refractivity contribution in [1.29, 1.82) is 0 Å². The van der Waals surface area contributed by atoms with Crippen molar-refractivity contribution >= 4 is 23.5 Å². The van der Waals surface area contributed by atoms with Crippen LogP contribution in [0.4, 0.5) is 5.69 Å². The molecular formula is C23H22N4O3. The van der Waals surface area contributed by atoms with Crippen molar-refractivity contribution < 1.29 is 14.7 Å². The molecule has 3 aromatic carbocycles. The van der Waals surface area contributed by atoms with Gasteiger partial charge in [-0.25, -0.2) is 0 Å². The zero-order chi connectivity index (χ0) is 21.5. The number of carboxylic acids is 1. The quantitative estimate of drug-likeness (QED) is 0.370. The van der Waals surface area contributed by atoms with E-state index in [1.165, 1.54) is 0 Å². The number of anilines is 1. The van der Waals surface area contributed by atoms with E-state index in [1.54, 1.807) is 24.3 Å². The average Bonchev–Trinajstić information content (AvgIpc) is 2.75. The first-order valence-electron chi connectivity index (χ1n) is 9.31. The molecule has 0 aromatic heterocycles. The maximum Gasteiger partial charge on any atom is 0.320 e. The van der Waals surface area contributed by atoms with Crippen LogP contribution in [0.15, 0.2) is 83.9 Å². The average molecular weight is 402 g/mol. The normalized spacial score (nSPS) is 12.2. The van der Waals surface area contributed by atoms with Crippen LogP contribution in [0.2, 0.25) is 0 Å². The second kappa shape index (κ2) is 9.49. The molecule has 0 spiro atoms. The van der Waals surface area contributed by atoms with Crippen LogP contribution in [0.3, 0.4) is 0 Å². The molecule has 152 valence electrons. The van der Waals surface area contributed by atoms with Gasteiger partial charge in [0, 0.05) is 16.8 Å². The number of para-hydroxylation sites is 1. The minimum absolute atomic E-state index is 0.0274. The molecule has 1 atom stereocenters. The van der Waals surface area contributed by atoms with Gasteiger partial charge in [-0.2, -0.15) is 4.99 Å². The highest BCUT2D eigenvalue weighted by molar-refractivity contribution is 6.07. The molecule has 0 saturated carbocycles. The van der Waals surface area contributed by atoms with E-state index in [9.17, 15) is 9.59 Å². The van der Waals surface area contributed by atoms with E-state index in [0.717, 1.165) is 16.8 Å². The predicted molar refractivity (Wildman–Crippen MR) is 117 cm³/mol. The van der Waals surface area contributed by atoms with Crippen LogP contribution in [0.1, 0.15) is 15.9 Å². The van der Waals surface area contributed by atoms with Gasteiger partial charge in [-0.3, -0.25) is 9.59 Å². The van der Waals surface area contributed by atoms with E-state index in [4.69, 9.17) is 16.6 Å². The number of rotatable bonds is 6. The summed E-state index contributed by atoms with van der Waals surface area (Å²) in [6.07, 6.45) is 0.174. The number of carbonyl (C=O) groups is 2. The number of aliphatic carboxylic acids is 1. The molecule has 30 heavy (non-hydrogen) atoms. The summed E-state index contributed by atoms with van der Waals surface area (Å²) in [4.78, 5) is 27.2. The van der Waals surface area contributed by atoms with Crippen molar-refractivity contribution in [1.82, 2.24) is 0 Å². The number of amides is 1. The molecule has 3 rings (SSSR count). The summed E-state index contributed by atoms with van der Waals surface area (Å²) in [5, 5.41) is 11.9. The summed E-state index contributed by atoms with van der Waals surface area (Å²) < 4.78 is 0. The first kappa shape index (κ1) is 20.8. The summed E-state index contributed by atoms with van der Waals surface area (Å²) in [5.41, 5.74) is 15.2. The third kappa shape index (κ3) is 5.30. The molecule has 0 aliphatic carbocycles. The lowest BCUT2D eigenvalue weighted by Crippen LogP contribution is -2.32. The van der Waals surface area contributed by atoms with Crippen molar-refractivity contribution in [2.75, 3.05) is 5.32 Å². The minimum Gasteiger partial charge on any atom is -0.480 e. The molecule has 0 aliphatic rings. The number of benzene rings is 3. The minimum atomic E-state index is -1.07. The second-order valence-corrected chi connectivity index (χ2v) is 6.68. The highest BCUT2D eigenvalue weighted by Gasteiger charge is 2.13. The Balaban J connectivity index is 1.72. The maximum absolute atomic E-state index is 12.4. The van der Waals surface area contributed by atoms with Gasteiger partial charge >= 0.3 is 5.97 Å². The number of carbonyl (C=O) groups excluding carboxylic acids is 1. The van der Waals surface area contributed by atoms with Crippen LogP contribution in [-0.4, -0.2) is 29.0 Å². The van der Waals surface area contributed by atoms with Gasteiger partial charge in [-0.15, -0.1) is 0 Å². The van der Waals surface area contributed by atoms with Gasteiger partial charge in [0.05, 0.1) is 0 Å². The third-order valence-corrected chi connectivity index (χ3v) is 4.47. The van der Waals surface area contributed by atoms with Gasteiger partial charge in [0.1, 0.15) is 6.04 Å². The fraction of sp³-hybridized carbons (Fsp3) is 0.0870. The van der Waals surface area contributed by atoms with Crippen molar-refractivity contribution in [2.45, 2.75) is 12.5 Å². The Labute approximate surface area is 174 Å². The molecule has 0 aliphatic heterocycles. The molecule has 0 radical (unpaired) electrons. The second-order valence-electron chi connectivity index (χ2n) is 6.68. The van der Waals surface area contributed by atoms with E-state index in [1.807, 2.05) is 54.6 Å². The van der Waals surface area contributed by atoms with Gasteiger partial charge in [-0.1, -0.05) is 60.7 Å². The van der Waals surface area contributed by atoms with E-state index >= 15 is 0 Å². The van der Waals surface area contributed by atoms with Crippen LogP contribution in [0, 0.1) is 0 Å². The van der Waals surface area contributed by atoms with Gasteiger partial charge in [0.2, 0.25) is 5.96 Å². The Kier molecular flexibility index (Phi) is 6.56. The monoisotopic (exact) mass is 402 g/mol. The van der Waals surface area contributed by atoms with Crippen molar-refractivity contribution in [3.05, 3.63) is 90.0 Å². The van der Waals surface area contributed by atoms with E-state index < -0.39 is 17.9 Å². The number of aliphatic imine (C=N–C) groups is 1. The number of nitrogens with zero attached hydrogens (tertiary/aromatic N) is 1. The number of nitrogens with one attached hydrogen (secondary N) is 1. The lowest BCUT2D eigenvalue weighted by Gasteiger charge is -2.11. The van der Waals surface area contributed by atoms with Crippen LogP contribution >= 0.6 is 0 Å². The molecule has 0 heterocycles. The number of carboxylic acid groups (broad SMARTS) is 1. The molecular weight excluding hydrogens is 380 g/mol. The van der Waals surface area contributed by atoms with E-state index in [0.29, 0.717) is 11.1 Å². The molecule has 6 N–H and O–H groups in total. The summed E-state index contributed by atoms with van der Waals surface area (Å²) in [6, 6.07) is 22.8. The number of nitrogens with two attached hydrogens (primary N) is 2. The standard InChI is InChI=1S/C23H22N4O3/c24-19(22(29)30)14-15-10-12-17(13-11-15)21(28)27-23(25)26-20-9-5-4-8-18(20)16-6-2-1-3-7-16/h1-13,19H,14,24H2,(H,29,30)(H3,25,26,27,28)/t19-/m0/s1. The molecule has 7 nitrogen and oxygen atoms in total. The maximum atomic E-state index is 12.4. The van der Waals surface area contributed by atoms with Crippen molar-refractivity contribution in [3.8, 4) is 11.1 Å². The molecule has 1 amide bonds. The molecule has 3 aromatic rings. The number of hydrogen-bond donors (Lipinski definition) is 4. The van der Waals surface area contributed by atoms with Gasteiger partial charge in [0.25, 0.3) is 5.91 Å². The number of hydrogen-bond acceptors (Lipinski definition) is 3. The smallest absolute Gasteiger partial charge is 0.320 e. The molecule has 0 unspecified atom stereocenters. The van der Waals surface area contributed by atoms with Crippen molar-refractivity contribution in [3.63, 3.8) is 0 Å². The Hall–Kier alpha value is -3.97. The van der Waals surface area contributed by atoms with Crippen molar-refractivity contribution in [2.24, 2.45) is 16.5 Å². The lowest BCUT2D eigenvalue weighted by atomic mass is 10.0. The molecule has 0 bridgehead atoms. The Morgan fingerprint density at radius 1 is 0.933 bits per heavy atom. The van der Waals surface area contributed by atoms with Gasteiger partial charge in [-0.05, 0) is 35.7 Å². The third-order valence-electron chi connectivity index (χ3n) is 4.47. The van der Waals surface area contributed by atoms with Gasteiger partial charge in [0.15, 0.2) is 0 Å². The summed E-state index contributed by atoms with van der Waals surface area (Å²) in [5.74, 6) is -1.61. The first-order chi connectivity index (χ1) is 14.4. The lowest BCUT2D eigenvalue weighted by molar-refractivity contribution is -0.138. The van der Waals surface area contributed by atoms with E-state index in [-0.39, 0.29) is 12.4 Å². The SMILES string of the molecule is NC(=NC(=O)c1ccc(C[C@H](N)C(=O)O)cc1)Nc1ccccc1-c1ccccc1. The van der Waals surface area contributed by atoms with Gasteiger partial charge < -0.3 is 21.9 Å². The van der Waals surface area contributed by atoms with E-state index in [2.05, 4.69) is 10.3 Å². The number of guanidine groups is 1. The highest BCUT2D eigenvalue weighted by Crippen LogP contribution is 2.27. The predicted octanol–water partition coefficient (Wildman–Crippen LogP) is 2.88. The molecule has 0 saturated heterocycles. The fourth-order valence-electron chi connectivity index (χ4n) is 2.93. The largest absolute Gasteiger partial charge is 0.480 e. The highest BCUT2D eigenvalue weighted by atomic mass is 16.4. The zero-order valence-corrected chi connectivity index (χ0v) is 16.2.